The van der Waals surface area contributed by atoms with Crippen molar-refractivity contribution in [1.82, 2.24) is 16.2 Å². The maximum absolute atomic E-state index is 12.9. The molecule has 0 aromatic heterocycles. The van der Waals surface area contributed by atoms with Crippen molar-refractivity contribution >= 4 is 41.0 Å². The van der Waals surface area contributed by atoms with Crippen molar-refractivity contribution in [2.45, 2.75) is 6.92 Å². The van der Waals surface area contributed by atoms with Gasteiger partial charge in [0.1, 0.15) is 0 Å². The highest BCUT2D eigenvalue weighted by molar-refractivity contribution is 6.33. The van der Waals surface area contributed by atoms with Gasteiger partial charge in [0.25, 0.3) is 11.8 Å². The van der Waals surface area contributed by atoms with Gasteiger partial charge in [0.05, 0.1) is 16.3 Å². The molecule has 8 nitrogen and oxygen atoms in total. The van der Waals surface area contributed by atoms with Crippen molar-refractivity contribution in [3.63, 3.8) is 0 Å². The average molecular weight is 413 g/mol. The Kier molecular flexibility index (Phi) is 5.65. The van der Waals surface area contributed by atoms with Crippen LogP contribution < -0.4 is 21.1 Å². The molecule has 3 rings (SSSR count). The van der Waals surface area contributed by atoms with E-state index >= 15 is 0 Å². The standard InChI is InChI=1S/C20H17ClN4O4/c1-11-7-9-13(10-8-11)25-19(28)16(18(27)22-20(25)29)12(2)23-24-17(26)14-5-3-4-6-15(14)21/h3-10,16,23H,2H2,1H3,(H,24,26)(H,22,27,29)/t16-/m1/s1. The highest BCUT2D eigenvalue weighted by Gasteiger charge is 2.43. The molecular weight excluding hydrogens is 396 g/mol. The van der Waals surface area contributed by atoms with Crippen LogP contribution in [0.5, 0.6) is 0 Å². The molecule has 0 saturated carbocycles. The number of aryl methyl sites for hydroxylation is 1. The Labute approximate surface area is 171 Å². The van der Waals surface area contributed by atoms with Crippen LogP contribution in [0.2, 0.25) is 5.02 Å². The van der Waals surface area contributed by atoms with Gasteiger partial charge in [-0.05, 0) is 31.2 Å². The van der Waals surface area contributed by atoms with Crippen LogP contribution in [0.4, 0.5) is 10.5 Å². The van der Waals surface area contributed by atoms with Gasteiger partial charge in [0.15, 0.2) is 5.92 Å². The summed E-state index contributed by atoms with van der Waals surface area (Å²) in [7, 11) is 0. The van der Waals surface area contributed by atoms with E-state index in [1.165, 1.54) is 6.07 Å². The average Bonchev–Trinajstić information content (AvgIpc) is 2.67. The summed E-state index contributed by atoms with van der Waals surface area (Å²) in [6.45, 7) is 5.52. The largest absolute Gasteiger partial charge is 0.335 e. The first-order valence-corrected chi connectivity index (χ1v) is 8.92. The summed E-state index contributed by atoms with van der Waals surface area (Å²) in [5.74, 6) is -3.62. The molecule has 5 amide bonds. The number of amides is 5. The molecule has 29 heavy (non-hydrogen) atoms. The second kappa shape index (κ2) is 8.15. The number of urea groups is 1. The quantitative estimate of drug-likeness (QED) is 0.516. The molecule has 0 aliphatic carbocycles. The molecule has 0 radical (unpaired) electrons. The third-order valence-corrected chi connectivity index (χ3v) is 4.59. The van der Waals surface area contributed by atoms with Gasteiger partial charge in [0, 0.05) is 5.70 Å². The predicted octanol–water partition coefficient (Wildman–Crippen LogP) is 2.30. The summed E-state index contributed by atoms with van der Waals surface area (Å²) in [4.78, 5) is 50.4. The smallest absolute Gasteiger partial charge is 0.302 e. The summed E-state index contributed by atoms with van der Waals surface area (Å²) >= 11 is 5.97. The van der Waals surface area contributed by atoms with Gasteiger partial charge in [-0.25, -0.2) is 9.69 Å². The molecular formula is C20H17ClN4O4. The zero-order valence-corrected chi connectivity index (χ0v) is 16.1. The number of hydrogen-bond acceptors (Lipinski definition) is 5. The van der Waals surface area contributed by atoms with E-state index in [1.54, 1.807) is 42.5 Å². The molecule has 0 spiro atoms. The van der Waals surface area contributed by atoms with Gasteiger partial charge in [-0.15, -0.1) is 0 Å². The Morgan fingerprint density at radius 3 is 2.38 bits per heavy atom. The second-order valence-electron chi connectivity index (χ2n) is 6.32. The van der Waals surface area contributed by atoms with E-state index in [9.17, 15) is 19.2 Å². The molecule has 2 aromatic carbocycles. The molecule has 0 unspecified atom stereocenters. The van der Waals surface area contributed by atoms with Crippen LogP contribution in [0.1, 0.15) is 15.9 Å². The number of nitrogens with one attached hydrogen (secondary N) is 3. The Bertz CT molecular complexity index is 1020. The molecule has 9 heteroatoms. The van der Waals surface area contributed by atoms with Crippen LogP contribution in [-0.2, 0) is 9.59 Å². The minimum Gasteiger partial charge on any atom is -0.302 e. The Hall–Kier alpha value is -3.65. The van der Waals surface area contributed by atoms with Crippen molar-refractivity contribution in [2.75, 3.05) is 4.90 Å². The van der Waals surface area contributed by atoms with Gasteiger partial charge in [-0.3, -0.25) is 25.1 Å². The van der Waals surface area contributed by atoms with E-state index < -0.39 is 29.7 Å². The highest BCUT2D eigenvalue weighted by Crippen LogP contribution is 2.23. The van der Waals surface area contributed by atoms with Crippen molar-refractivity contribution in [3.8, 4) is 0 Å². The van der Waals surface area contributed by atoms with Gasteiger partial charge < -0.3 is 5.43 Å². The Morgan fingerprint density at radius 2 is 1.72 bits per heavy atom. The molecule has 2 aromatic rings. The van der Waals surface area contributed by atoms with Gasteiger partial charge >= 0.3 is 6.03 Å². The van der Waals surface area contributed by atoms with E-state index in [-0.39, 0.29) is 16.3 Å². The molecule has 1 heterocycles. The lowest BCUT2D eigenvalue weighted by molar-refractivity contribution is -0.132. The van der Waals surface area contributed by atoms with Crippen LogP contribution in [0.15, 0.2) is 60.8 Å². The van der Waals surface area contributed by atoms with Crippen LogP contribution in [0, 0.1) is 12.8 Å². The minimum absolute atomic E-state index is 0.0995. The number of carbonyl (C=O) groups excluding carboxylic acids is 4. The summed E-state index contributed by atoms with van der Waals surface area (Å²) in [6, 6.07) is 12.2. The van der Waals surface area contributed by atoms with Gasteiger partial charge in [-0.2, -0.15) is 0 Å². The van der Waals surface area contributed by atoms with Crippen LogP contribution in [-0.4, -0.2) is 23.8 Å². The Morgan fingerprint density at radius 1 is 1.07 bits per heavy atom. The monoisotopic (exact) mass is 412 g/mol. The van der Waals surface area contributed by atoms with Crippen LogP contribution >= 0.6 is 11.6 Å². The molecule has 1 aliphatic rings. The first-order chi connectivity index (χ1) is 13.8. The van der Waals surface area contributed by atoms with Crippen LogP contribution in [0.25, 0.3) is 0 Å². The predicted molar refractivity (Wildman–Crippen MR) is 107 cm³/mol. The SMILES string of the molecule is C=C(NNC(=O)c1ccccc1Cl)[C@@H]1C(=O)NC(=O)N(c2ccc(C)cc2)C1=O. The third-order valence-electron chi connectivity index (χ3n) is 4.26. The lowest BCUT2D eigenvalue weighted by atomic mass is 10.0. The maximum Gasteiger partial charge on any atom is 0.335 e. The van der Waals surface area contributed by atoms with Crippen molar-refractivity contribution in [2.24, 2.45) is 5.92 Å². The Balaban J connectivity index is 1.75. The lowest BCUT2D eigenvalue weighted by Crippen LogP contribution is -2.60. The van der Waals surface area contributed by atoms with E-state index in [0.717, 1.165) is 10.5 Å². The number of halogens is 1. The number of barbiturate groups is 1. The molecule has 0 bridgehead atoms. The second-order valence-corrected chi connectivity index (χ2v) is 6.73. The fourth-order valence-electron chi connectivity index (χ4n) is 2.74. The number of imide groups is 2. The first kappa shape index (κ1) is 20.1. The summed E-state index contributed by atoms with van der Waals surface area (Å²) in [5, 5.41) is 2.36. The number of hydrogen-bond donors (Lipinski definition) is 3. The highest BCUT2D eigenvalue weighted by atomic mass is 35.5. The summed E-state index contributed by atoms with van der Waals surface area (Å²) in [6.07, 6.45) is 0. The van der Waals surface area contributed by atoms with Crippen molar-refractivity contribution < 1.29 is 19.2 Å². The van der Waals surface area contributed by atoms with Crippen molar-refractivity contribution in [1.29, 1.82) is 0 Å². The fourth-order valence-corrected chi connectivity index (χ4v) is 2.96. The molecule has 3 N–H and O–H groups in total. The zero-order chi connectivity index (χ0) is 21.1. The molecule has 1 atom stereocenters. The van der Waals surface area contributed by atoms with Gasteiger partial charge in [-0.1, -0.05) is 48.0 Å². The van der Waals surface area contributed by atoms with Crippen LogP contribution in [0.3, 0.4) is 0 Å². The number of benzene rings is 2. The lowest BCUT2D eigenvalue weighted by Gasteiger charge is -2.31. The minimum atomic E-state index is -1.42. The number of carbonyl (C=O) groups is 4. The number of anilines is 1. The number of rotatable bonds is 5. The van der Waals surface area contributed by atoms with E-state index in [2.05, 4.69) is 22.7 Å². The number of hydrazine groups is 1. The summed E-state index contributed by atoms with van der Waals surface area (Å²) in [5.41, 5.74) is 6.16. The fraction of sp³-hybridized carbons (Fsp3) is 0.100. The molecule has 148 valence electrons. The third kappa shape index (κ3) is 4.12. The summed E-state index contributed by atoms with van der Waals surface area (Å²) < 4.78 is 0. The van der Waals surface area contributed by atoms with E-state index in [1.807, 2.05) is 6.92 Å². The van der Waals surface area contributed by atoms with E-state index in [0.29, 0.717) is 5.69 Å². The molecule has 1 fully saturated rings. The number of nitrogens with zero attached hydrogens (tertiary/aromatic N) is 1. The molecule has 1 saturated heterocycles. The first-order valence-electron chi connectivity index (χ1n) is 8.54. The molecule has 1 aliphatic heterocycles. The topological polar surface area (TPSA) is 108 Å². The normalized spacial score (nSPS) is 16.3. The zero-order valence-electron chi connectivity index (χ0n) is 15.4. The van der Waals surface area contributed by atoms with Gasteiger partial charge in [0.2, 0.25) is 5.91 Å². The maximum atomic E-state index is 12.9. The van der Waals surface area contributed by atoms with Crippen molar-refractivity contribution in [3.05, 3.63) is 77.0 Å². The van der Waals surface area contributed by atoms with E-state index in [4.69, 9.17) is 11.6 Å².